The Balaban J connectivity index is 1.75. The minimum atomic E-state index is -0.395. The molecule has 0 radical (unpaired) electrons. The number of amides is 1. The molecule has 1 N–H and O–H groups in total. The van der Waals surface area contributed by atoms with E-state index in [1.165, 1.54) is 0 Å². The highest BCUT2D eigenvalue weighted by atomic mass is 32.1. The molecule has 2 aromatic rings. The number of fused-ring (bicyclic) bond motifs is 1. The largest absolute Gasteiger partial charge is 0.454 e. The van der Waals surface area contributed by atoms with E-state index in [2.05, 4.69) is 10.3 Å². The van der Waals surface area contributed by atoms with E-state index in [0.717, 1.165) is 21.1 Å². The zero-order chi connectivity index (χ0) is 17.3. The van der Waals surface area contributed by atoms with E-state index in [-0.39, 0.29) is 12.7 Å². The highest BCUT2D eigenvalue weighted by molar-refractivity contribution is 7.11. The smallest absolute Gasteiger partial charge is 0.242 e. The van der Waals surface area contributed by atoms with Gasteiger partial charge in [-0.2, -0.15) is 0 Å². The number of aromatic nitrogens is 1. The molecule has 1 amide bonds. The van der Waals surface area contributed by atoms with E-state index >= 15 is 0 Å². The summed E-state index contributed by atoms with van der Waals surface area (Å²) in [5.74, 6) is 1.35. The predicted octanol–water partition coefficient (Wildman–Crippen LogP) is 2.41. The number of hydrogen-bond donors (Lipinski definition) is 1. The van der Waals surface area contributed by atoms with Crippen LogP contribution in [-0.4, -0.2) is 36.7 Å². The summed E-state index contributed by atoms with van der Waals surface area (Å²) >= 11 is 1.61. The fraction of sp³-hybridized carbons (Fsp3) is 0.412. The number of hydrogen-bond acceptors (Lipinski definition) is 6. The molecule has 1 aliphatic rings. The molecule has 0 fully saturated rings. The molecule has 0 saturated carbocycles. The van der Waals surface area contributed by atoms with Gasteiger partial charge in [-0.15, -0.1) is 11.3 Å². The molecule has 0 unspecified atom stereocenters. The van der Waals surface area contributed by atoms with Gasteiger partial charge in [0.25, 0.3) is 0 Å². The standard InChI is InChI=1S/C17H21N3O3S/c1-10-15(24-11(2)19-10)8-18-17(21)16(20(3)4)12-5-6-13-14(7-12)23-9-22-13/h5-7,16H,8-9H2,1-4H3,(H,18,21)/t16-/m1/s1. The number of nitrogens with zero attached hydrogens (tertiary/aromatic N) is 2. The van der Waals surface area contributed by atoms with Crippen LogP contribution in [0, 0.1) is 13.8 Å². The van der Waals surface area contributed by atoms with Crippen LogP contribution in [0.5, 0.6) is 11.5 Å². The molecule has 128 valence electrons. The highest BCUT2D eigenvalue weighted by Crippen LogP contribution is 2.35. The highest BCUT2D eigenvalue weighted by Gasteiger charge is 2.25. The van der Waals surface area contributed by atoms with Crippen LogP contribution in [0.1, 0.15) is 27.2 Å². The summed E-state index contributed by atoms with van der Waals surface area (Å²) in [4.78, 5) is 20.1. The molecule has 0 saturated heterocycles. The van der Waals surface area contributed by atoms with Gasteiger partial charge >= 0.3 is 0 Å². The van der Waals surface area contributed by atoms with Gasteiger partial charge in [-0.25, -0.2) is 4.98 Å². The van der Waals surface area contributed by atoms with E-state index < -0.39 is 6.04 Å². The van der Waals surface area contributed by atoms with Crippen LogP contribution in [0.15, 0.2) is 18.2 Å². The molecule has 1 aromatic carbocycles. The minimum Gasteiger partial charge on any atom is -0.454 e. The Morgan fingerprint density at radius 2 is 2.08 bits per heavy atom. The predicted molar refractivity (Wildman–Crippen MR) is 92.4 cm³/mol. The Labute approximate surface area is 145 Å². The summed E-state index contributed by atoms with van der Waals surface area (Å²) in [5, 5.41) is 4.03. The Kier molecular flexibility index (Phi) is 4.73. The van der Waals surface area contributed by atoms with Crippen molar-refractivity contribution in [3.8, 4) is 11.5 Å². The second-order valence-electron chi connectivity index (χ2n) is 5.94. The van der Waals surface area contributed by atoms with Crippen molar-refractivity contribution in [2.75, 3.05) is 20.9 Å². The molecule has 0 aliphatic carbocycles. The molecule has 6 nitrogen and oxygen atoms in total. The molecule has 3 rings (SSSR count). The number of ether oxygens (including phenoxy) is 2. The van der Waals surface area contributed by atoms with E-state index in [4.69, 9.17) is 9.47 Å². The zero-order valence-electron chi connectivity index (χ0n) is 14.3. The van der Waals surface area contributed by atoms with Gasteiger partial charge in [-0.1, -0.05) is 6.07 Å². The number of nitrogens with one attached hydrogen (secondary N) is 1. The third-order valence-electron chi connectivity index (χ3n) is 3.90. The Hall–Kier alpha value is -2.12. The van der Waals surface area contributed by atoms with Gasteiger partial charge in [0.2, 0.25) is 12.7 Å². The molecule has 1 atom stereocenters. The van der Waals surface area contributed by atoms with Crippen LogP contribution in [0.3, 0.4) is 0 Å². The average molecular weight is 347 g/mol. The molecule has 7 heteroatoms. The summed E-state index contributed by atoms with van der Waals surface area (Å²) in [6.07, 6.45) is 0. The first-order chi connectivity index (χ1) is 11.5. The number of thiazole rings is 1. The van der Waals surface area contributed by atoms with Crippen LogP contribution in [0.4, 0.5) is 0 Å². The quantitative estimate of drug-likeness (QED) is 0.900. The first-order valence-electron chi connectivity index (χ1n) is 7.72. The summed E-state index contributed by atoms with van der Waals surface area (Å²) in [6, 6.07) is 5.22. The van der Waals surface area contributed by atoms with Crippen molar-refractivity contribution in [3.63, 3.8) is 0 Å². The third-order valence-corrected chi connectivity index (χ3v) is 4.97. The number of carbonyl (C=O) groups excluding carboxylic acids is 1. The van der Waals surface area contributed by atoms with Crippen molar-refractivity contribution in [2.24, 2.45) is 0 Å². The molecule has 0 bridgehead atoms. The van der Waals surface area contributed by atoms with Crippen molar-refractivity contribution in [1.82, 2.24) is 15.2 Å². The number of likely N-dealkylation sites (N-methyl/N-ethyl adjacent to an activating group) is 1. The van der Waals surface area contributed by atoms with E-state index in [1.807, 2.05) is 51.0 Å². The summed E-state index contributed by atoms with van der Waals surface area (Å²) in [7, 11) is 3.77. The van der Waals surface area contributed by atoms with E-state index in [9.17, 15) is 4.79 Å². The minimum absolute atomic E-state index is 0.0516. The topological polar surface area (TPSA) is 63.7 Å². The van der Waals surface area contributed by atoms with Crippen molar-refractivity contribution in [2.45, 2.75) is 26.4 Å². The Morgan fingerprint density at radius 1 is 1.33 bits per heavy atom. The fourth-order valence-corrected chi connectivity index (χ4v) is 3.65. The fourth-order valence-electron chi connectivity index (χ4n) is 2.77. The van der Waals surface area contributed by atoms with Gasteiger partial charge in [0.1, 0.15) is 6.04 Å². The van der Waals surface area contributed by atoms with Gasteiger partial charge in [0.05, 0.1) is 17.2 Å². The van der Waals surface area contributed by atoms with Gasteiger partial charge in [-0.3, -0.25) is 9.69 Å². The first-order valence-corrected chi connectivity index (χ1v) is 8.54. The molecule has 2 heterocycles. The summed E-state index contributed by atoms with van der Waals surface area (Å²) < 4.78 is 10.8. The lowest BCUT2D eigenvalue weighted by molar-refractivity contribution is -0.125. The number of benzene rings is 1. The van der Waals surface area contributed by atoms with Crippen LogP contribution < -0.4 is 14.8 Å². The lowest BCUT2D eigenvalue weighted by Crippen LogP contribution is -2.36. The lowest BCUT2D eigenvalue weighted by atomic mass is 10.0. The van der Waals surface area contributed by atoms with Gasteiger partial charge in [-0.05, 0) is 45.6 Å². The average Bonchev–Trinajstić information content (AvgIpc) is 3.10. The van der Waals surface area contributed by atoms with Crippen molar-refractivity contribution in [3.05, 3.63) is 39.3 Å². The summed E-state index contributed by atoms with van der Waals surface area (Å²) in [6.45, 7) is 4.65. The normalized spacial score (nSPS) is 14.0. The summed E-state index contributed by atoms with van der Waals surface area (Å²) in [5.41, 5.74) is 1.85. The van der Waals surface area contributed by atoms with Crippen molar-refractivity contribution >= 4 is 17.2 Å². The van der Waals surface area contributed by atoms with E-state index in [1.54, 1.807) is 11.3 Å². The number of aryl methyl sites for hydroxylation is 2. The molecular weight excluding hydrogens is 326 g/mol. The van der Waals surface area contributed by atoms with Crippen LogP contribution in [0.25, 0.3) is 0 Å². The van der Waals surface area contributed by atoms with Crippen molar-refractivity contribution < 1.29 is 14.3 Å². The number of carbonyl (C=O) groups is 1. The zero-order valence-corrected chi connectivity index (χ0v) is 15.1. The second-order valence-corrected chi connectivity index (χ2v) is 7.23. The second kappa shape index (κ2) is 6.78. The monoisotopic (exact) mass is 347 g/mol. The van der Waals surface area contributed by atoms with Crippen molar-refractivity contribution in [1.29, 1.82) is 0 Å². The SMILES string of the molecule is Cc1nc(C)c(CNC(=O)[C@@H](c2ccc3c(c2)OCO3)N(C)C)s1. The maximum atomic E-state index is 12.7. The molecule has 24 heavy (non-hydrogen) atoms. The maximum Gasteiger partial charge on any atom is 0.242 e. The lowest BCUT2D eigenvalue weighted by Gasteiger charge is -2.24. The van der Waals surface area contributed by atoms with Crippen LogP contribution in [0.2, 0.25) is 0 Å². The Morgan fingerprint density at radius 3 is 2.75 bits per heavy atom. The van der Waals surface area contributed by atoms with Crippen LogP contribution >= 0.6 is 11.3 Å². The molecule has 0 spiro atoms. The van der Waals surface area contributed by atoms with Gasteiger partial charge < -0.3 is 14.8 Å². The van der Waals surface area contributed by atoms with Crippen LogP contribution in [-0.2, 0) is 11.3 Å². The molecule has 1 aliphatic heterocycles. The van der Waals surface area contributed by atoms with E-state index in [0.29, 0.717) is 18.0 Å². The first kappa shape index (κ1) is 16.7. The maximum absolute atomic E-state index is 12.7. The third kappa shape index (κ3) is 3.37. The molecule has 1 aromatic heterocycles. The molecular formula is C17H21N3O3S. The van der Waals surface area contributed by atoms with Gasteiger partial charge in [0.15, 0.2) is 11.5 Å². The van der Waals surface area contributed by atoms with Gasteiger partial charge in [0, 0.05) is 4.88 Å². The number of rotatable bonds is 5. The Bertz CT molecular complexity index is 758.